The van der Waals surface area contributed by atoms with Crippen molar-refractivity contribution in [3.8, 4) is 11.5 Å². The van der Waals surface area contributed by atoms with E-state index in [-0.39, 0.29) is 22.4 Å². The van der Waals surface area contributed by atoms with Crippen LogP contribution in [0.15, 0.2) is 38.5 Å². The zero-order valence-electron chi connectivity index (χ0n) is 14.8. The third-order valence-corrected chi connectivity index (χ3v) is 4.82. The van der Waals surface area contributed by atoms with Crippen LogP contribution in [0.3, 0.4) is 0 Å². The first-order valence-electron chi connectivity index (χ1n) is 7.92. The quantitative estimate of drug-likeness (QED) is 0.383. The molecule has 1 aromatic carbocycles. The van der Waals surface area contributed by atoms with Crippen LogP contribution in [0, 0.1) is 30.9 Å². The van der Waals surface area contributed by atoms with E-state index >= 15 is 0 Å². The number of hydrogen-bond donors (Lipinski definition) is 1. The van der Waals surface area contributed by atoms with Crippen LogP contribution in [-0.4, -0.2) is 26.8 Å². The van der Waals surface area contributed by atoms with Crippen molar-refractivity contribution in [3.05, 3.63) is 51.5 Å². The largest absolute Gasteiger partial charge is 0.469 e. The van der Waals surface area contributed by atoms with E-state index in [0.29, 0.717) is 22.8 Å². The van der Waals surface area contributed by atoms with Gasteiger partial charge in [0, 0.05) is 6.07 Å². The number of carbonyl (C=O) groups is 1. The molecule has 3 rings (SSSR count). The highest BCUT2D eigenvalue weighted by Crippen LogP contribution is 2.31. The summed E-state index contributed by atoms with van der Waals surface area (Å²) in [4.78, 5) is 22.9. The summed E-state index contributed by atoms with van der Waals surface area (Å²) >= 11 is 1.04. The first-order chi connectivity index (χ1) is 12.9. The summed E-state index contributed by atoms with van der Waals surface area (Å²) in [6.07, 6.45) is 1.52. The molecule has 0 spiro atoms. The number of amides is 1. The Bertz CT molecular complexity index is 1010. The van der Waals surface area contributed by atoms with Gasteiger partial charge in [0.2, 0.25) is 5.91 Å². The molecule has 140 valence electrons. The number of anilines is 1. The lowest BCUT2D eigenvalue weighted by atomic mass is 10.1. The van der Waals surface area contributed by atoms with E-state index < -0.39 is 10.8 Å². The van der Waals surface area contributed by atoms with Gasteiger partial charge in [0.05, 0.1) is 22.5 Å². The van der Waals surface area contributed by atoms with Crippen LogP contribution in [0.5, 0.6) is 0 Å². The van der Waals surface area contributed by atoms with Crippen molar-refractivity contribution >= 4 is 29.0 Å². The van der Waals surface area contributed by atoms with Crippen LogP contribution in [-0.2, 0) is 4.79 Å². The fraction of sp³-hybridized carbons (Fsp3) is 0.235. The van der Waals surface area contributed by atoms with Crippen LogP contribution >= 0.6 is 11.8 Å². The molecule has 27 heavy (non-hydrogen) atoms. The van der Waals surface area contributed by atoms with Crippen molar-refractivity contribution in [2.75, 3.05) is 11.1 Å². The molecule has 0 aliphatic rings. The minimum atomic E-state index is -0.521. The Morgan fingerprint density at radius 2 is 2.04 bits per heavy atom. The predicted octanol–water partition coefficient (Wildman–Crippen LogP) is 3.89. The summed E-state index contributed by atoms with van der Waals surface area (Å²) in [5.74, 6) is 0.511. The molecule has 0 fully saturated rings. The second kappa shape index (κ2) is 7.62. The van der Waals surface area contributed by atoms with Gasteiger partial charge in [-0.25, -0.2) is 0 Å². The van der Waals surface area contributed by atoms with Gasteiger partial charge in [-0.3, -0.25) is 14.9 Å². The van der Waals surface area contributed by atoms with E-state index in [9.17, 15) is 14.9 Å². The Balaban J connectivity index is 1.68. The monoisotopic (exact) mass is 388 g/mol. The SMILES string of the molecule is Cc1ccc([N+](=O)[O-])c(NC(=O)CSc2nnc(-c3ccoc3C)o2)c1C. The van der Waals surface area contributed by atoms with Crippen LogP contribution < -0.4 is 5.32 Å². The van der Waals surface area contributed by atoms with Crippen molar-refractivity contribution in [2.24, 2.45) is 0 Å². The van der Waals surface area contributed by atoms with Crippen molar-refractivity contribution in [2.45, 2.75) is 26.0 Å². The lowest BCUT2D eigenvalue weighted by Crippen LogP contribution is -2.16. The van der Waals surface area contributed by atoms with E-state index in [1.807, 2.05) is 6.92 Å². The standard InChI is InChI=1S/C17H16N4O5S/c1-9-4-5-13(21(23)24)15(10(9)2)18-14(22)8-27-17-20-19-16(26-17)12-6-7-25-11(12)3/h4-7H,8H2,1-3H3,(H,18,22). The average molecular weight is 388 g/mol. The molecule has 0 unspecified atom stereocenters. The van der Waals surface area contributed by atoms with Crippen LogP contribution in [0.4, 0.5) is 11.4 Å². The molecule has 2 heterocycles. The van der Waals surface area contributed by atoms with Crippen LogP contribution in [0.1, 0.15) is 16.9 Å². The number of furan rings is 1. The number of thioether (sulfide) groups is 1. The molecule has 0 aliphatic carbocycles. The smallest absolute Gasteiger partial charge is 0.293 e. The van der Waals surface area contributed by atoms with Crippen molar-refractivity contribution < 1.29 is 18.6 Å². The van der Waals surface area contributed by atoms with E-state index in [0.717, 1.165) is 17.3 Å². The number of nitro benzene ring substituents is 1. The molecule has 0 saturated heterocycles. The van der Waals surface area contributed by atoms with Gasteiger partial charge >= 0.3 is 0 Å². The van der Waals surface area contributed by atoms with Gasteiger partial charge in [0.15, 0.2) is 0 Å². The van der Waals surface area contributed by atoms with Crippen molar-refractivity contribution in [3.63, 3.8) is 0 Å². The molecule has 0 saturated carbocycles. The van der Waals surface area contributed by atoms with Gasteiger partial charge in [-0.05, 0) is 38.0 Å². The van der Waals surface area contributed by atoms with Gasteiger partial charge in [-0.15, -0.1) is 10.2 Å². The zero-order valence-corrected chi connectivity index (χ0v) is 15.6. The second-order valence-electron chi connectivity index (χ2n) is 5.76. The van der Waals surface area contributed by atoms with E-state index in [2.05, 4.69) is 15.5 Å². The summed E-state index contributed by atoms with van der Waals surface area (Å²) in [6, 6.07) is 4.74. The molecule has 0 atom stereocenters. The van der Waals surface area contributed by atoms with Gasteiger partial charge in [0.1, 0.15) is 11.4 Å². The number of carbonyl (C=O) groups excluding carboxylic acids is 1. The number of hydrogen-bond acceptors (Lipinski definition) is 8. The second-order valence-corrected chi connectivity index (χ2v) is 6.69. The number of benzene rings is 1. The molecule has 1 amide bonds. The molecule has 9 nitrogen and oxygen atoms in total. The Kier molecular flexibility index (Phi) is 5.26. The fourth-order valence-electron chi connectivity index (χ4n) is 2.40. The molecule has 0 radical (unpaired) electrons. The minimum absolute atomic E-state index is 0.0312. The zero-order chi connectivity index (χ0) is 19.6. The molecule has 1 N–H and O–H groups in total. The number of nitrogens with zero attached hydrogens (tertiary/aromatic N) is 3. The fourth-order valence-corrected chi connectivity index (χ4v) is 2.96. The Morgan fingerprint density at radius 3 is 2.70 bits per heavy atom. The predicted molar refractivity (Wildman–Crippen MR) is 98.7 cm³/mol. The van der Waals surface area contributed by atoms with E-state index in [4.69, 9.17) is 8.83 Å². The van der Waals surface area contributed by atoms with Gasteiger partial charge < -0.3 is 14.2 Å². The highest BCUT2D eigenvalue weighted by Gasteiger charge is 2.20. The molecular formula is C17H16N4O5S. The molecule has 0 bridgehead atoms. The van der Waals surface area contributed by atoms with Crippen molar-refractivity contribution in [1.82, 2.24) is 10.2 Å². The maximum atomic E-state index is 12.3. The summed E-state index contributed by atoms with van der Waals surface area (Å²) < 4.78 is 10.7. The Hall–Kier alpha value is -3.14. The lowest BCUT2D eigenvalue weighted by molar-refractivity contribution is -0.384. The Labute approximate surface area is 158 Å². The van der Waals surface area contributed by atoms with Gasteiger partial charge in [0.25, 0.3) is 16.8 Å². The van der Waals surface area contributed by atoms with Gasteiger partial charge in [-0.1, -0.05) is 17.8 Å². The first-order valence-corrected chi connectivity index (χ1v) is 8.90. The average Bonchev–Trinajstić information content (AvgIpc) is 3.25. The van der Waals surface area contributed by atoms with E-state index in [1.54, 1.807) is 26.0 Å². The highest BCUT2D eigenvalue weighted by molar-refractivity contribution is 7.99. The summed E-state index contributed by atoms with van der Waals surface area (Å²) in [6.45, 7) is 5.32. The first kappa shape index (κ1) is 18.6. The summed E-state index contributed by atoms with van der Waals surface area (Å²) in [5.41, 5.74) is 2.24. The maximum absolute atomic E-state index is 12.3. The number of nitro groups is 1. The maximum Gasteiger partial charge on any atom is 0.293 e. The van der Waals surface area contributed by atoms with Gasteiger partial charge in [-0.2, -0.15) is 0 Å². The van der Waals surface area contributed by atoms with Crippen LogP contribution in [0.25, 0.3) is 11.5 Å². The van der Waals surface area contributed by atoms with Crippen molar-refractivity contribution in [1.29, 1.82) is 0 Å². The minimum Gasteiger partial charge on any atom is -0.469 e. The topological polar surface area (TPSA) is 124 Å². The third kappa shape index (κ3) is 4.00. The summed E-state index contributed by atoms with van der Waals surface area (Å²) in [7, 11) is 0. The number of aryl methyl sites for hydroxylation is 2. The normalized spacial score (nSPS) is 10.8. The highest BCUT2D eigenvalue weighted by atomic mass is 32.2. The molecule has 10 heteroatoms. The van der Waals surface area contributed by atoms with E-state index in [1.165, 1.54) is 12.3 Å². The number of aromatic nitrogens is 2. The third-order valence-electron chi connectivity index (χ3n) is 4.00. The molecule has 0 aliphatic heterocycles. The molecule has 3 aromatic rings. The lowest BCUT2D eigenvalue weighted by Gasteiger charge is -2.10. The van der Waals surface area contributed by atoms with Crippen LogP contribution in [0.2, 0.25) is 0 Å². The number of nitrogens with one attached hydrogen (secondary N) is 1. The Morgan fingerprint density at radius 1 is 1.26 bits per heavy atom. The number of rotatable bonds is 6. The summed E-state index contributed by atoms with van der Waals surface area (Å²) in [5, 5.41) is 21.8. The molecular weight excluding hydrogens is 372 g/mol. The molecule has 2 aromatic heterocycles.